The van der Waals surface area contributed by atoms with Crippen LogP contribution < -0.4 is 11.3 Å². The first-order valence-electron chi connectivity index (χ1n) is 5.48. The third-order valence-corrected chi connectivity index (χ3v) is 3.34. The number of hydrazine groups is 1. The summed E-state index contributed by atoms with van der Waals surface area (Å²) in [5, 5.41) is -0.165. The molecule has 0 bridgehead atoms. The van der Waals surface area contributed by atoms with Crippen LogP contribution in [0.5, 0.6) is 0 Å². The predicted octanol–water partition coefficient (Wildman–Crippen LogP) is 3.82. The van der Waals surface area contributed by atoms with E-state index < -0.39 is 23.4 Å². The van der Waals surface area contributed by atoms with Crippen molar-refractivity contribution in [3.63, 3.8) is 0 Å². The average molecular weight is 321 g/mol. The van der Waals surface area contributed by atoms with Gasteiger partial charge in [-0.2, -0.15) is 13.2 Å². The maximum Gasteiger partial charge on any atom is 0.416 e. The minimum Gasteiger partial charge on any atom is -0.308 e. The van der Waals surface area contributed by atoms with Gasteiger partial charge in [0, 0.05) is 0 Å². The Kier molecular flexibility index (Phi) is 4.33. The number of hydrogen-bond donors (Lipinski definition) is 2. The molecule has 0 saturated carbocycles. The van der Waals surface area contributed by atoms with E-state index in [1.54, 1.807) is 0 Å². The van der Waals surface area contributed by atoms with Gasteiger partial charge in [-0.05, 0) is 30.3 Å². The molecule has 1 aromatic carbocycles. The molecule has 2 rings (SSSR count). The summed E-state index contributed by atoms with van der Waals surface area (Å²) in [5.41, 5.74) is 1.00. The van der Waals surface area contributed by atoms with Gasteiger partial charge in [0.25, 0.3) is 0 Å². The van der Waals surface area contributed by atoms with E-state index in [9.17, 15) is 22.0 Å². The molecular weight excluding hydrogens is 313 g/mol. The van der Waals surface area contributed by atoms with Crippen molar-refractivity contribution >= 4 is 17.6 Å². The van der Waals surface area contributed by atoms with Crippen molar-refractivity contribution in [1.29, 1.82) is 0 Å². The molecule has 0 atom stereocenters. The van der Waals surface area contributed by atoms with Gasteiger partial charge in [0.2, 0.25) is 0 Å². The predicted molar refractivity (Wildman–Crippen MR) is 67.5 cm³/mol. The topological polar surface area (TPSA) is 50.9 Å². The van der Waals surface area contributed by atoms with E-state index in [-0.39, 0.29) is 15.7 Å². The summed E-state index contributed by atoms with van der Waals surface area (Å²) >= 11 is 0.567. The molecule has 1 heterocycles. The van der Waals surface area contributed by atoms with Crippen LogP contribution in [-0.4, -0.2) is 4.98 Å². The fraction of sp³-hybridized carbons (Fsp3) is 0.0833. The molecular formula is C12H8F5N3S. The Hall–Kier alpha value is -1.87. The maximum atomic E-state index is 13.5. The number of aromatic nitrogens is 1. The molecule has 0 spiro atoms. The van der Waals surface area contributed by atoms with E-state index in [1.807, 2.05) is 5.43 Å². The minimum atomic E-state index is -4.61. The standard InChI is InChI=1S/C12H8F5N3S/c13-7-1-2-8(14)9(5-7)21-11-4-6(12(15,16)17)3-10(19-11)20-18/h1-5H,18H2,(H,19,20). The van der Waals surface area contributed by atoms with Gasteiger partial charge >= 0.3 is 6.18 Å². The zero-order valence-electron chi connectivity index (χ0n) is 10.2. The fourth-order valence-corrected chi connectivity index (χ4v) is 2.36. The zero-order valence-corrected chi connectivity index (χ0v) is 11.0. The lowest BCUT2D eigenvalue weighted by molar-refractivity contribution is -0.137. The first-order valence-corrected chi connectivity index (χ1v) is 6.30. The summed E-state index contributed by atoms with van der Waals surface area (Å²) in [6, 6.07) is 4.11. The lowest BCUT2D eigenvalue weighted by atomic mass is 10.2. The monoisotopic (exact) mass is 321 g/mol. The molecule has 3 N–H and O–H groups in total. The van der Waals surface area contributed by atoms with E-state index in [1.165, 1.54) is 0 Å². The van der Waals surface area contributed by atoms with Gasteiger partial charge in [0.15, 0.2) is 0 Å². The van der Waals surface area contributed by atoms with E-state index in [0.717, 1.165) is 24.3 Å². The molecule has 0 unspecified atom stereocenters. The van der Waals surface area contributed by atoms with Gasteiger partial charge in [-0.25, -0.2) is 19.6 Å². The number of nitrogens with two attached hydrogens (primary N) is 1. The third kappa shape index (κ3) is 3.82. The number of nitrogens with zero attached hydrogens (tertiary/aromatic N) is 1. The van der Waals surface area contributed by atoms with Gasteiger partial charge in [-0.1, -0.05) is 11.8 Å². The van der Waals surface area contributed by atoms with Crippen LogP contribution in [-0.2, 0) is 6.18 Å². The van der Waals surface area contributed by atoms with Gasteiger partial charge in [0.05, 0.1) is 10.5 Å². The Labute approximate surface area is 120 Å². The number of halogens is 5. The molecule has 21 heavy (non-hydrogen) atoms. The van der Waals surface area contributed by atoms with E-state index in [4.69, 9.17) is 5.84 Å². The number of anilines is 1. The molecule has 0 saturated heterocycles. The number of nitrogen functional groups attached to an aromatic ring is 1. The number of hydrogen-bond acceptors (Lipinski definition) is 4. The molecule has 0 aliphatic heterocycles. The van der Waals surface area contributed by atoms with Crippen molar-refractivity contribution in [2.75, 3.05) is 5.43 Å². The van der Waals surface area contributed by atoms with Crippen molar-refractivity contribution < 1.29 is 22.0 Å². The molecule has 1 aromatic heterocycles. The second-order valence-corrected chi connectivity index (χ2v) is 4.96. The Morgan fingerprint density at radius 2 is 1.81 bits per heavy atom. The molecule has 9 heteroatoms. The summed E-state index contributed by atoms with van der Waals surface area (Å²) < 4.78 is 64.7. The van der Waals surface area contributed by atoms with Gasteiger partial charge in [0.1, 0.15) is 22.5 Å². The summed E-state index contributed by atoms with van der Waals surface area (Å²) in [7, 11) is 0. The van der Waals surface area contributed by atoms with Crippen LogP contribution in [0.1, 0.15) is 5.56 Å². The molecule has 0 aliphatic carbocycles. The minimum absolute atomic E-state index is 0.165. The van der Waals surface area contributed by atoms with Crippen LogP contribution in [0.25, 0.3) is 0 Å². The number of rotatable bonds is 3. The third-order valence-electron chi connectivity index (χ3n) is 2.38. The van der Waals surface area contributed by atoms with E-state index in [0.29, 0.717) is 17.8 Å². The quantitative estimate of drug-likeness (QED) is 0.513. The van der Waals surface area contributed by atoms with Crippen LogP contribution in [0.4, 0.5) is 27.8 Å². The lowest BCUT2D eigenvalue weighted by Gasteiger charge is -2.11. The van der Waals surface area contributed by atoms with Crippen LogP contribution in [0.3, 0.4) is 0 Å². The first kappa shape index (κ1) is 15.5. The van der Waals surface area contributed by atoms with Crippen LogP contribution in [0.15, 0.2) is 40.3 Å². The summed E-state index contributed by atoms with van der Waals surface area (Å²) in [4.78, 5) is 3.59. The van der Waals surface area contributed by atoms with Crippen molar-refractivity contribution in [3.8, 4) is 0 Å². The molecule has 0 amide bonds. The second-order valence-electron chi connectivity index (χ2n) is 3.90. The number of alkyl halides is 3. The summed E-state index contributed by atoms with van der Waals surface area (Å²) in [6.45, 7) is 0. The Bertz CT molecular complexity index is 660. The molecule has 0 fully saturated rings. The largest absolute Gasteiger partial charge is 0.416 e. The highest BCUT2D eigenvalue weighted by Gasteiger charge is 2.31. The Balaban J connectivity index is 2.42. The normalized spacial score (nSPS) is 11.5. The highest BCUT2D eigenvalue weighted by molar-refractivity contribution is 7.99. The van der Waals surface area contributed by atoms with E-state index in [2.05, 4.69) is 4.98 Å². The molecule has 2 aromatic rings. The molecule has 3 nitrogen and oxygen atoms in total. The Morgan fingerprint density at radius 1 is 1.10 bits per heavy atom. The van der Waals surface area contributed by atoms with Crippen LogP contribution in [0.2, 0.25) is 0 Å². The number of nitrogens with one attached hydrogen (secondary N) is 1. The smallest absolute Gasteiger partial charge is 0.308 e. The van der Waals surface area contributed by atoms with Crippen LogP contribution >= 0.6 is 11.8 Å². The molecule has 112 valence electrons. The lowest BCUT2D eigenvalue weighted by Crippen LogP contribution is -2.12. The number of pyridine rings is 1. The summed E-state index contributed by atoms with van der Waals surface area (Å²) in [5.74, 6) is 3.36. The van der Waals surface area contributed by atoms with Crippen LogP contribution in [0, 0.1) is 11.6 Å². The molecule has 0 radical (unpaired) electrons. The zero-order chi connectivity index (χ0) is 15.6. The fourth-order valence-electron chi connectivity index (χ4n) is 1.46. The van der Waals surface area contributed by atoms with Gasteiger partial charge in [-0.3, -0.25) is 0 Å². The highest BCUT2D eigenvalue weighted by Crippen LogP contribution is 2.35. The van der Waals surface area contributed by atoms with Crippen molar-refractivity contribution in [2.45, 2.75) is 16.1 Å². The van der Waals surface area contributed by atoms with Crippen molar-refractivity contribution in [2.24, 2.45) is 5.84 Å². The number of benzene rings is 1. The Morgan fingerprint density at radius 3 is 2.43 bits per heavy atom. The molecule has 0 aliphatic rings. The summed E-state index contributed by atoms with van der Waals surface area (Å²) in [6.07, 6.45) is -4.61. The van der Waals surface area contributed by atoms with Crippen molar-refractivity contribution in [3.05, 3.63) is 47.5 Å². The highest BCUT2D eigenvalue weighted by atomic mass is 32.2. The van der Waals surface area contributed by atoms with Crippen molar-refractivity contribution in [1.82, 2.24) is 4.98 Å². The SMILES string of the molecule is NNc1cc(C(F)(F)F)cc(Sc2cc(F)ccc2F)n1. The second kappa shape index (κ2) is 5.86. The average Bonchev–Trinajstić information content (AvgIpc) is 2.41. The first-order chi connectivity index (χ1) is 9.79. The maximum absolute atomic E-state index is 13.5. The van der Waals surface area contributed by atoms with Gasteiger partial charge in [-0.15, -0.1) is 0 Å². The van der Waals surface area contributed by atoms with Gasteiger partial charge < -0.3 is 5.43 Å². The van der Waals surface area contributed by atoms with E-state index >= 15 is 0 Å².